The molecule has 2 nitrogen and oxygen atoms in total. The van der Waals surface area contributed by atoms with E-state index in [9.17, 15) is 4.39 Å². The quantitative estimate of drug-likeness (QED) is 0.719. The Balaban J connectivity index is 2.23. The van der Waals surface area contributed by atoms with Gasteiger partial charge in [0.2, 0.25) is 0 Å². The summed E-state index contributed by atoms with van der Waals surface area (Å²) < 4.78 is 15.7. The molecule has 0 spiro atoms. The largest absolute Gasteiger partial charge is 0.324 e. The van der Waals surface area contributed by atoms with Crippen LogP contribution < -0.4 is 0 Å². The summed E-state index contributed by atoms with van der Waals surface area (Å²) in [5, 5.41) is 0.139. The Morgan fingerprint density at radius 2 is 2.21 bits per heavy atom. The van der Waals surface area contributed by atoms with E-state index in [0.717, 1.165) is 17.8 Å². The lowest BCUT2D eigenvalue weighted by Gasteiger charge is -2.20. The van der Waals surface area contributed by atoms with E-state index in [1.165, 1.54) is 18.9 Å². The molecule has 1 aliphatic carbocycles. The molecular weight excluding hydrogens is 286 g/mol. The molecule has 0 bridgehead atoms. The van der Waals surface area contributed by atoms with Gasteiger partial charge in [-0.05, 0) is 24.8 Å². The summed E-state index contributed by atoms with van der Waals surface area (Å²) in [5.74, 6) is 1.29. The van der Waals surface area contributed by atoms with Gasteiger partial charge < -0.3 is 4.57 Å². The molecule has 1 saturated carbocycles. The van der Waals surface area contributed by atoms with Crippen molar-refractivity contribution >= 4 is 34.2 Å². The summed E-state index contributed by atoms with van der Waals surface area (Å²) in [6, 6.07) is 3.45. The first-order chi connectivity index (χ1) is 9.11. The van der Waals surface area contributed by atoms with Crippen molar-refractivity contribution in [3.63, 3.8) is 0 Å². The Kier molecular flexibility index (Phi) is 3.44. The van der Waals surface area contributed by atoms with E-state index in [0.29, 0.717) is 23.4 Å². The standard InChI is InChI=1S/C14H15Cl2FN2/c1-8-3-2-4-12(8)19-13-5-9(16)10(17)6-11(13)18-14(19)7-15/h5-6,8,12H,2-4,7H2,1H3. The molecule has 2 unspecified atom stereocenters. The number of alkyl halides is 1. The van der Waals surface area contributed by atoms with Crippen LogP contribution in [0, 0.1) is 11.7 Å². The van der Waals surface area contributed by atoms with Gasteiger partial charge in [0.25, 0.3) is 0 Å². The lowest BCUT2D eigenvalue weighted by Crippen LogP contribution is -2.14. The van der Waals surface area contributed by atoms with Crippen molar-refractivity contribution in [1.82, 2.24) is 9.55 Å². The van der Waals surface area contributed by atoms with E-state index in [1.807, 2.05) is 0 Å². The van der Waals surface area contributed by atoms with Crippen LogP contribution in [0.3, 0.4) is 0 Å². The third-order valence-corrected chi connectivity index (χ3v) is 4.60. The number of nitrogens with zero attached hydrogens (tertiary/aromatic N) is 2. The molecule has 2 aromatic rings. The fraction of sp³-hybridized carbons (Fsp3) is 0.500. The lowest BCUT2D eigenvalue weighted by molar-refractivity contribution is 0.408. The molecular formula is C14H15Cl2FN2. The maximum atomic E-state index is 13.5. The molecule has 0 aliphatic heterocycles. The Morgan fingerprint density at radius 1 is 1.42 bits per heavy atom. The van der Waals surface area contributed by atoms with E-state index >= 15 is 0 Å². The van der Waals surface area contributed by atoms with E-state index in [1.54, 1.807) is 6.07 Å². The van der Waals surface area contributed by atoms with Crippen molar-refractivity contribution < 1.29 is 4.39 Å². The molecule has 102 valence electrons. The number of benzene rings is 1. The second kappa shape index (κ2) is 4.95. The van der Waals surface area contributed by atoms with Gasteiger partial charge in [-0.3, -0.25) is 0 Å². The highest BCUT2D eigenvalue weighted by Crippen LogP contribution is 2.39. The first-order valence-corrected chi connectivity index (χ1v) is 7.45. The van der Waals surface area contributed by atoms with Gasteiger partial charge in [0.1, 0.15) is 11.6 Å². The van der Waals surface area contributed by atoms with Crippen LogP contribution >= 0.6 is 23.2 Å². The predicted octanol–water partition coefficient (Wildman–Crippen LogP) is 4.93. The summed E-state index contributed by atoms with van der Waals surface area (Å²) in [7, 11) is 0. The number of imidazole rings is 1. The van der Waals surface area contributed by atoms with Crippen LogP contribution in [0.1, 0.15) is 38.1 Å². The molecule has 1 aromatic heterocycles. The number of hydrogen-bond donors (Lipinski definition) is 0. The van der Waals surface area contributed by atoms with Gasteiger partial charge in [-0.2, -0.15) is 0 Å². The first kappa shape index (κ1) is 13.2. The van der Waals surface area contributed by atoms with E-state index < -0.39 is 5.82 Å². The van der Waals surface area contributed by atoms with Gasteiger partial charge in [-0.1, -0.05) is 24.9 Å². The maximum Gasteiger partial charge on any atom is 0.144 e. The fourth-order valence-electron chi connectivity index (χ4n) is 3.11. The predicted molar refractivity (Wildman–Crippen MR) is 76.3 cm³/mol. The SMILES string of the molecule is CC1CCCC1n1c(CCl)nc2cc(F)c(Cl)cc21. The Bertz CT molecular complexity index is 623. The summed E-state index contributed by atoms with van der Waals surface area (Å²) in [5.41, 5.74) is 1.53. The summed E-state index contributed by atoms with van der Waals surface area (Å²) in [4.78, 5) is 4.44. The van der Waals surface area contributed by atoms with Gasteiger partial charge in [-0.25, -0.2) is 9.37 Å². The van der Waals surface area contributed by atoms with Crippen LogP contribution in [0.4, 0.5) is 4.39 Å². The minimum Gasteiger partial charge on any atom is -0.324 e. The summed E-state index contributed by atoms with van der Waals surface area (Å²) in [6.07, 6.45) is 3.54. The summed E-state index contributed by atoms with van der Waals surface area (Å²) >= 11 is 11.9. The lowest BCUT2D eigenvalue weighted by atomic mass is 10.1. The second-order valence-corrected chi connectivity index (χ2v) is 5.94. The first-order valence-electron chi connectivity index (χ1n) is 6.53. The maximum absolute atomic E-state index is 13.5. The van der Waals surface area contributed by atoms with Crippen molar-refractivity contribution in [1.29, 1.82) is 0 Å². The van der Waals surface area contributed by atoms with E-state index in [2.05, 4.69) is 16.5 Å². The highest BCUT2D eigenvalue weighted by atomic mass is 35.5. The third-order valence-electron chi connectivity index (χ3n) is 4.07. The zero-order valence-corrected chi connectivity index (χ0v) is 12.2. The topological polar surface area (TPSA) is 17.8 Å². The molecule has 0 N–H and O–H groups in total. The van der Waals surface area contributed by atoms with Crippen LogP contribution in [-0.2, 0) is 5.88 Å². The van der Waals surface area contributed by atoms with Crippen LogP contribution in [0.15, 0.2) is 12.1 Å². The number of fused-ring (bicyclic) bond motifs is 1. The molecule has 3 rings (SSSR count). The van der Waals surface area contributed by atoms with E-state index in [4.69, 9.17) is 23.2 Å². The second-order valence-electron chi connectivity index (χ2n) is 5.26. The Morgan fingerprint density at radius 3 is 2.84 bits per heavy atom. The normalized spacial score (nSPS) is 23.4. The number of rotatable bonds is 2. The Labute approximate surface area is 121 Å². The van der Waals surface area contributed by atoms with Crippen LogP contribution in [0.5, 0.6) is 0 Å². The number of aromatic nitrogens is 2. The fourth-order valence-corrected chi connectivity index (χ4v) is 3.46. The smallest absolute Gasteiger partial charge is 0.144 e. The molecule has 19 heavy (non-hydrogen) atoms. The van der Waals surface area contributed by atoms with Crippen molar-refractivity contribution in [2.45, 2.75) is 38.1 Å². The Hall–Kier alpha value is -0.800. The molecule has 1 heterocycles. The van der Waals surface area contributed by atoms with Crippen molar-refractivity contribution in [3.8, 4) is 0 Å². The highest BCUT2D eigenvalue weighted by molar-refractivity contribution is 6.31. The van der Waals surface area contributed by atoms with Gasteiger partial charge >= 0.3 is 0 Å². The number of halogens is 3. The average molecular weight is 301 g/mol. The van der Waals surface area contributed by atoms with Gasteiger partial charge in [0.05, 0.1) is 21.9 Å². The van der Waals surface area contributed by atoms with E-state index in [-0.39, 0.29) is 5.02 Å². The van der Waals surface area contributed by atoms with Crippen molar-refractivity contribution in [2.24, 2.45) is 5.92 Å². The van der Waals surface area contributed by atoms with Crippen molar-refractivity contribution in [3.05, 3.63) is 28.8 Å². The zero-order chi connectivity index (χ0) is 13.6. The molecule has 1 aliphatic rings. The molecule has 1 aromatic carbocycles. The zero-order valence-electron chi connectivity index (χ0n) is 10.7. The molecule has 5 heteroatoms. The monoisotopic (exact) mass is 300 g/mol. The molecule has 2 atom stereocenters. The molecule has 0 saturated heterocycles. The summed E-state index contributed by atoms with van der Waals surface area (Å²) in [6.45, 7) is 2.24. The van der Waals surface area contributed by atoms with Crippen LogP contribution in [0.2, 0.25) is 5.02 Å². The minimum absolute atomic E-state index is 0.139. The van der Waals surface area contributed by atoms with Gasteiger partial charge in [0.15, 0.2) is 0 Å². The van der Waals surface area contributed by atoms with Crippen molar-refractivity contribution in [2.75, 3.05) is 0 Å². The highest BCUT2D eigenvalue weighted by Gasteiger charge is 2.28. The minimum atomic E-state index is -0.431. The molecule has 1 fully saturated rings. The number of hydrogen-bond acceptors (Lipinski definition) is 1. The van der Waals surface area contributed by atoms with Crippen LogP contribution in [-0.4, -0.2) is 9.55 Å². The molecule has 0 amide bonds. The van der Waals surface area contributed by atoms with Gasteiger partial charge in [0, 0.05) is 12.1 Å². The average Bonchev–Trinajstić information content (AvgIpc) is 2.93. The van der Waals surface area contributed by atoms with Crippen LogP contribution in [0.25, 0.3) is 11.0 Å². The third kappa shape index (κ3) is 2.13. The molecule has 0 radical (unpaired) electrons. The van der Waals surface area contributed by atoms with Gasteiger partial charge in [-0.15, -0.1) is 11.6 Å².